The van der Waals surface area contributed by atoms with Gasteiger partial charge in [0.2, 0.25) is 0 Å². The molecule has 0 spiro atoms. The number of halogens is 1. The molecular weight excluding hydrogens is 416 g/mol. The Morgan fingerprint density at radius 2 is 1.74 bits per heavy atom. The molecule has 1 aromatic heterocycles. The summed E-state index contributed by atoms with van der Waals surface area (Å²) in [6.45, 7) is 1.98. The number of benzene rings is 2. The van der Waals surface area contributed by atoms with Gasteiger partial charge in [-0.1, -0.05) is 30.7 Å². The number of aromatic nitrogens is 2. The van der Waals surface area contributed by atoms with E-state index < -0.39 is 5.97 Å². The number of carboxylic acid groups (broad SMARTS) is 1. The van der Waals surface area contributed by atoms with Crippen molar-refractivity contribution in [2.45, 2.75) is 19.3 Å². The zero-order valence-corrected chi connectivity index (χ0v) is 18.2. The molecule has 0 saturated heterocycles. The SMILES string of the molecule is CC(c1ccc(NC(=O)c2ccc(Cl)cc2)cc1)c1ncc(CC(=O)O)c(N(C)C)n1. The highest BCUT2D eigenvalue weighted by Gasteiger charge is 2.17. The molecule has 0 saturated carbocycles. The van der Waals surface area contributed by atoms with Gasteiger partial charge >= 0.3 is 5.97 Å². The monoisotopic (exact) mass is 438 g/mol. The van der Waals surface area contributed by atoms with Crippen molar-refractivity contribution < 1.29 is 14.7 Å². The van der Waals surface area contributed by atoms with Crippen molar-refractivity contribution in [3.05, 3.63) is 82.3 Å². The Kier molecular flexibility index (Phi) is 6.87. The van der Waals surface area contributed by atoms with Gasteiger partial charge in [0.15, 0.2) is 0 Å². The molecule has 0 radical (unpaired) electrons. The largest absolute Gasteiger partial charge is 0.481 e. The summed E-state index contributed by atoms with van der Waals surface area (Å²) in [5.74, 6) is -0.0744. The van der Waals surface area contributed by atoms with Crippen LogP contribution in [0.2, 0.25) is 5.02 Å². The van der Waals surface area contributed by atoms with E-state index in [1.54, 1.807) is 35.4 Å². The molecule has 0 aliphatic carbocycles. The van der Waals surface area contributed by atoms with Crippen LogP contribution in [0, 0.1) is 0 Å². The van der Waals surface area contributed by atoms with Crippen LogP contribution in [0.3, 0.4) is 0 Å². The van der Waals surface area contributed by atoms with Gasteiger partial charge in [-0.3, -0.25) is 9.59 Å². The molecule has 3 aromatic rings. The lowest BCUT2D eigenvalue weighted by Crippen LogP contribution is -2.18. The number of hydrogen-bond acceptors (Lipinski definition) is 5. The number of rotatable bonds is 7. The molecule has 1 heterocycles. The van der Waals surface area contributed by atoms with Crippen molar-refractivity contribution >= 4 is 35.0 Å². The normalized spacial score (nSPS) is 11.6. The molecule has 0 aliphatic rings. The van der Waals surface area contributed by atoms with E-state index in [1.165, 1.54) is 0 Å². The summed E-state index contributed by atoms with van der Waals surface area (Å²) in [5.41, 5.74) is 2.73. The summed E-state index contributed by atoms with van der Waals surface area (Å²) >= 11 is 5.86. The first-order valence-corrected chi connectivity index (χ1v) is 10.0. The maximum atomic E-state index is 12.4. The van der Waals surface area contributed by atoms with E-state index in [2.05, 4.69) is 15.3 Å². The lowest BCUT2D eigenvalue weighted by atomic mass is 9.99. The van der Waals surface area contributed by atoms with E-state index in [0.29, 0.717) is 33.5 Å². The smallest absolute Gasteiger partial charge is 0.308 e. The molecule has 0 bridgehead atoms. The number of carbonyl (C=O) groups excluding carboxylic acids is 1. The van der Waals surface area contributed by atoms with Crippen molar-refractivity contribution in [3.63, 3.8) is 0 Å². The third kappa shape index (κ3) is 5.58. The minimum Gasteiger partial charge on any atom is -0.481 e. The number of hydrogen-bond donors (Lipinski definition) is 2. The predicted octanol–water partition coefficient (Wildman–Crippen LogP) is 4.23. The van der Waals surface area contributed by atoms with Crippen LogP contribution in [0.25, 0.3) is 0 Å². The van der Waals surface area contributed by atoms with Crippen LogP contribution in [-0.2, 0) is 11.2 Å². The lowest BCUT2D eigenvalue weighted by Gasteiger charge is -2.18. The van der Waals surface area contributed by atoms with Crippen molar-refractivity contribution in [2.75, 3.05) is 24.3 Å². The fraction of sp³-hybridized carbons (Fsp3) is 0.217. The molecule has 1 unspecified atom stereocenters. The number of anilines is 2. The Morgan fingerprint density at radius 3 is 2.32 bits per heavy atom. The number of nitrogens with one attached hydrogen (secondary N) is 1. The molecule has 0 aliphatic heterocycles. The summed E-state index contributed by atoms with van der Waals surface area (Å²) < 4.78 is 0. The number of nitrogens with zero attached hydrogens (tertiary/aromatic N) is 3. The van der Waals surface area contributed by atoms with Gasteiger partial charge in [-0.15, -0.1) is 0 Å². The second kappa shape index (κ2) is 9.57. The highest BCUT2D eigenvalue weighted by atomic mass is 35.5. The van der Waals surface area contributed by atoms with E-state index in [-0.39, 0.29) is 18.2 Å². The minimum atomic E-state index is -0.927. The molecular formula is C23H23ClN4O3. The average molecular weight is 439 g/mol. The van der Waals surface area contributed by atoms with Gasteiger partial charge < -0.3 is 15.3 Å². The molecule has 2 N–H and O–H groups in total. The Morgan fingerprint density at radius 1 is 1.10 bits per heavy atom. The Labute approximate surface area is 185 Å². The first-order chi connectivity index (χ1) is 14.7. The second-order valence-electron chi connectivity index (χ2n) is 7.35. The zero-order valence-electron chi connectivity index (χ0n) is 17.5. The third-order valence-corrected chi connectivity index (χ3v) is 5.04. The number of amides is 1. The first-order valence-electron chi connectivity index (χ1n) is 9.66. The quantitative estimate of drug-likeness (QED) is 0.573. The van der Waals surface area contributed by atoms with Gasteiger partial charge in [0.05, 0.1) is 6.42 Å². The summed E-state index contributed by atoms with van der Waals surface area (Å²) in [6, 6.07) is 14.1. The standard InChI is InChI=1S/C23H23ClN4O3/c1-14(21-25-13-17(12-20(29)30)22(27-21)28(2)3)15-6-10-19(11-7-15)26-23(31)16-4-8-18(24)9-5-16/h4-11,13-14H,12H2,1-3H3,(H,26,31)(H,29,30). The number of aliphatic carboxylic acids is 1. The van der Waals surface area contributed by atoms with Gasteiger partial charge in [0.1, 0.15) is 11.6 Å². The molecule has 7 nitrogen and oxygen atoms in total. The molecule has 8 heteroatoms. The third-order valence-electron chi connectivity index (χ3n) is 4.79. The van der Waals surface area contributed by atoms with Gasteiger partial charge in [-0.2, -0.15) is 0 Å². The van der Waals surface area contributed by atoms with Gasteiger partial charge in [0.25, 0.3) is 5.91 Å². The average Bonchev–Trinajstić information content (AvgIpc) is 2.74. The molecule has 0 fully saturated rings. The van der Waals surface area contributed by atoms with Gasteiger partial charge in [0, 0.05) is 48.0 Å². The van der Waals surface area contributed by atoms with Crippen LogP contribution in [0.1, 0.15) is 40.2 Å². The Bertz CT molecular complexity index is 1080. The molecule has 2 aromatic carbocycles. The van der Waals surface area contributed by atoms with Crippen LogP contribution in [0.15, 0.2) is 54.7 Å². The van der Waals surface area contributed by atoms with Crippen molar-refractivity contribution in [2.24, 2.45) is 0 Å². The topological polar surface area (TPSA) is 95.4 Å². The number of carboxylic acids is 1. The van der Waals surface area contributed by atoms with Gasteiger partial charge in [-0.05, 0) is 42.0 Å². The van der Waals surface area contributed by atoms with E-state index >= 15 is 0 Å². The van der Waals surface area contributed by atoms with Crippen LogP contribution < -0.4 is 10.2 Å². The zero-order chi connectivity index (χ0) is 22.5. The molecule has 3 rings (SSSR count). The maximum Gasteiger partial charge on any atom is 0.308 e. The Hall–Kier alpha value is -3.45. The summed E-state index contributed by atoms with van der Waals surface area (Å²) in [7, 11) is 3.64. The molecule has 1 amide bonds. The summed E-state index contributed by atoms with van der Waals surface area (Å²) in [5, 5.41) is 12.5. The number of carbonyl (C=O) groups is 2. The van der Waals surface area contributed by atoms with Crippen LogP contribution in [0.5, 0.6) is 0 Å². The molecule has 1 atom stereocenters. The maximum absolute atomic E-state index is 12.4. The van der Waals surface area contributed by atoms with Crippen molar-refractivity contribution in [1.29, 1.82) is 0 Å². The van der Waals surface area contributed by atoms with Crippen LogP contribution in [0.4, 0.5) is 11.5 Å². The predicted molar refractivity (Wildman–Crippen MR) is 121 cm³/mol. The lowest BCUT2D eigenvalue weighted by molar-refractivity contribution is -0.136. The van der Waals surface area contributed by atoms with Crippen LogP contribution >= 0.6 is 11.6 Å². The molecule has 31 heavy (non-hydrogen) atoms. The van der Waals surface area contributed by atoms with Crippen LogP contribution in [-0.4, -0.2) is 41.0 Å². The van der Waals surface area contributed by atoms with E-state index in [1.807, 2.05) is 45.3 Å². The fourth-order valence-electron chi connectivity index (χ4n) is 3.10. The minimum absolute atomic E-state index is 0.112. The van der Waals surface area contributed by atoms with E-state index in [9.17, 15) is 9.59 Å². The second-order valence-corrected chi connectivity index (χ2v) is 7.78. The van der Waals surface area contributed by atoms with Crippen molar-refractivity contribution in [3.8, 4) is 0 Å². The molecule has 160 valence electrons. The first kappa shape index (κ1) is 22.2. The highest BCUT2D eigenvalue weighted by Crippen LogP contribution is 2.26. The summed E-state index contributed by atoms with van der Waals surface area (Å²) in [4.78, 5) is 34.2. The fourth-order valence-corrected chi connectivity index (χ4v) is 3.23. The van der Waals surface area contributed by atoms with E-state index in [0.717, 1.165) is 5.56 Å². The van der Waals surface area contributed by atoms with E-state index in [4.69, 9.17) is 16.7 Å². The summed E-state index contributed by atoms with van der Waals surface area (Å²) in [6.07, 6.45) is 1.44. The van der Waals surface area contributed by atoms with Crippen molar-refractivity contribution in [1.82, 2.24) is 9.97 Å². The van der Waals surface area contributed by atoms with Gasteiger partial charge in [-0.25, -0.2) is 9.97 Å². The Balaban J connectivity index is 1.76. The highest BCUT2D eigenvalue weighted by molar-refractivity contribution is 6.30.